The molecule has 0 aliphatic carbocycles. The molecule has 4 heteroatoms. The summed E-state index contributed by atoms with van der Waals surface area (Å²) in [4.78, 5) is 0. The van der Waals surface area contributed by atoms with Crippen molar-refractivity contribution in [1.82, 2.24) is 9.78 Å². The van der Waals surface area contributed by atoms with Gasteiger partial charge in [-0.05, 0) is 6.92 Å². The Morgan fingerprint density at radius 2 is 2.13 bits per heavy atom. The summed E-state index contributed by atoms with van der Waals surface area (Å²) in [6.07, 6.45) is 0. The average Bonchev–Trinajstić information content (AvgIpc) is 2.48. The quantitative estimate of drug-likeness (QED) is 0.773. The Bertz CT molecular complexity index is 312. The molecule has 0 saturated heterocycles. The topological polar surface area (TPSA) is 53.1 Å². The van der Waals surface area contributed by atoms with Gasteiger partial charge in [0, 0.05) is 18.1 Å². The second kappa shape index (κ2) is 4.66. The van der Waals surface area contributed by atoms with Gasteiger partial charge in [0.25, 0.3) is 0 Å². The summed E-state index contributed by atoms with van der Waals surface area (Å²) in [5.74, 6) is 0.708. The Kier molecular flexibility index (Phi) is 3.74. The van der Waals surface area contributed by atoms with Crippen LogP contribution in [0.3, 0.4) is 0 Å². The van der Waals surface area contributed by atoms with Crippen LogP contribution in [0.25, 0.3) is 0 Å². The first-order valence-electron chi connectivity index (χ1n) is 5.36. The van der Waals surface area contributed by atoms with Crippen molar-refractivity contribution in [3.8, 4) is 0 Å². The minimum Gasteiger partial charge on any atom is -0.384 e. The highest BCUT2D eigenvalue weighted by molar-refractivity contribution is 5.33. The van der Waals surface area contributed by atoms with E-state index < -0.39 is 0 Å². The fraction of sp³-hybridized carbons (Fsp3) is 0.727. The molecular weight excluding hydrogens is 190 g/mol. The lowest BCUT2D eigenvalue weighted by atomic mass is 9.92. The summed E-state index contributed by atoms with van der Waals surface area (Å²) < 4.78 is 7.07. The second-order valence-corrected chi connectivity index (χ2v) is 4.62. The molecule has 0 spiro atoms. The van der Waals surface area contributed by atoms with Crippen LogP contribution in [0.15, 0.2) is 6.07 Å². The Balaban J connectivity index is 2.69. The Morgan fingerprint density at radius 1 is 1.47 bits per heavy atom. The van der Waals surface area contributed by atoms with Gasteiger partial charge in [-0.3, -0.25) is 0 Å². The van der Waals surface area contributed by atoms with Gasteiger partial charge in [-0.2, -0.15) is 5.10 Å². The third-order valence-electron chi connectivity index (χ3n) is 2.23. The van der Waals surface area contributed by atoms with Crippen molar-refractivity contribution in [3.05, 3.63) is 11.8 Å². The van der Waals surface area contributed by atoms with Crippen LogP contribution in [0, 0.1) is 0 Å². The molecular formula is C11H21N3O. The van der Waals surface area contributed by atoms with Crippen LogP contribution in [-0.4, -0.2) is 23.0 Å². The predicted octanol–water partition coefficient (Wildman–Crippen LogP) is 1.80. The van der Waals surface area contributed by atoms with E-state index in [0.717, 1.165) is 18.8 Å². The van der Waals surface area contributed by atoms with Gasteiger partial charge in [0.15, 0.2) is 0 Å². The molecule has 1 rings (SSSR count). The summed E-state index contributed by atoms with van der Waals surface area (Å²) in [7, 11) is 0. The van der Waals surface area contributed by atoms with Gasteiger partial charge in [0.2, 0.25) is 0 Å². The first-order chi connectivity index (χ1) is 6.95. The molecule has 0 saturated carbocycles. The molecule has 0 atom stereocenters. The molecule has 0 unspecified atom stereocenters. The van der Waals surface area contributed by atoms with Crippen molar-refractivity contribution >= 4 is 5.82 Å². The van der Waals surface area contributed by atoms with Crippen LogP contribution >= 0.6 is 0 Å². The van der Waals surface area contributed by atoms with Gasteiger partial charge in [-0.25, -0.2) is 4.68 Å². The maximum atomic E-state index is 5.87. The first-order valence-corrected chi connectivity index (χ1v) is 5.36. The van der Waals surface area contributed by atoms with Gasteiger partial charge in [-0.15, -0.1) is 0 Å². The van der Waals surface area contributed by atoms with Gasteiger partial charge < -0.3 is 10.5 Å². The average molecular weight is 211 g/mol. The molecule has 0 aromatic carbocycles. The molecule has 4 nitrogen and oxygen atoms in total. The number of aromatic nitrogens is 2. The molecule has 15 heavy (non-hydrogen) atoms. The van der Waals surface area contributed by atoms with Crippen LogP contribution in [0.1, 0.15) is 33.4 Å². The molecule has 0 aliphatic rings. The van der Waals surface area contributed by atoms with Crippen LogP contribution < -0.4 is 5.73 Å². The summed E-state index contributed by atoms with van der Waals surface area (Å²) in [5.41, 5.74) is 6.94. The fourth-order valence-corrected chi connectivity index (χ4v) is 1.27. The number of hydrogen-bond donors (Lipinski definition) is 1. The van der Waals surface area contributed by atoms with Crippen LogP contribution in [0.2, 0.25) is 0 Å². The number of nitrogens with two attached hydrogens (primary N) is 1. The first kappa shape index (κ1) is 12.0. The monoisotopic (exact) mass is 211 g/mol. The Labute approximate surface area is 91.4 Å². The standard InChI is InChI=1S/C11H21N3O/c1-5-15-7-6-14-10(12)8-9(13-14)11(2,3)4/h8H,5-7,12H2,1-4H3. The highest BCUT2D eigenvalue weighted by atomic mass is 16.5. The van der Waals surface area contributed by atoms with Crippen LogP contribution in [0.4, 0.5) is 5.82 Å². The van der Waals surface area contributed by atoms with Gasteiger partial charge in [0.1, 0.15) is 5.82 Å². The van der Waals surface area contributed by atoms with Crippen LogP contribution in [-0.2, 0) is 16.7 Å². The van der Waals surface area contributed by atoms with E-state index in [1.54, 1.807) is 4.68 Å². The van der Waals surface area contributed by atoms with E-state index in [0.29, 0.717) is 12.4 Å². The van der Waals surface area contributed by atoms with E-state index in [4.69, 9.17) is 10.5 Å². The molecule has 0 radical (unpaired) electrons. The maximum absolute atomic E-state index is 5.87. The molecule has 0 amide bonds. The summed E-state index contributed by atoms with van der Waals surface area (Å²) >= 11 is 0. The SMILES string of the molecule is CCOCCn1nc(C(C)(C)C)cc1N. The van der Waals surface area contributed by atoms with Crippen molar-refractivity contribution in [2.45, 2.75) is 39.7 Å². The van der Waals surface area contributed by atoms with Gasteiger partial charge in [-0.1, -0.05) is 20.8 Å². The molecule has 86 valence electrons. The zero-order chi connectivity index (χ0) is 11.5. The van der Waals surface area contributed by atoms with Crippen molar-refractivity contribution in [2.24, 2.45) is 0 Å². The van der Waals surface area contributed by atoms with E-state index in [-0.39, 0.29) is 5.41 Å². The molecule has 1 heterocycles. The predicted molar refractivity (Wildman–Crippen MR) is 61.8 cm³/mol. The normalized spacial score (nSPS) is 12.0. The molecule has 0 aliphatic heterocycles. The van der Waals surface area contributed by atoms with Crippen LogP contribution in [0.5, 0.6) is 0 Å². The smallest absolute Gasteiger partial charge is 0.122 e. The van der Waals surface area contributed by atoms with Gasteiger partial charge >= 0.3 is 0 Å². The third-order valence-corrected chi connectivity index (χ3v) is 2.23. The van der Waals surface area contributed by atoms with E-state index in [2.05, 4.69) is 25.9 Å². The van der Waals surface area contributed by atoms with Crippen molar-refractivity contribution in [3.63, 3.8) is 0 Å². The minimum atomic E-state index is 0.0466. The molecule has 1 aromatic rings. The molecule has 0 fully saturated rings. The van der Waals surface area contributed by atoms with Gasteiger partial charge in [0.05, 0.1) is 18.8 Å². The van der Waals surface area contributed by atoms with E-state index >= 15 is 0 Å². The zero-order valence-corrected chi connectivity index (χ0v) is 10.1. The zero-order valence-electron chi connectivity index (χ0n) is 10.1. The minimum absolute atomic E-state index is 0.0466. The number of hydrogen-bond acceptors (Lipinski definition) is 3. The Hall–Kier alpha value is -1.03. The fourth-order valence-electron chi connectivity index (χ4n) is 1.27. The number of ether oxygens (including phenoxy) is 1. The van der Waals surface area contributed by atoms with Crippen molar-refractivity contribution in [1.29, 1.82) is 0 Å². The molecule has 2 N–H and O–H groups in total. The highest BCUT2D eigenvalue weighted by Crippen LogP contribution is 2.22. The molecule has 0 bridgehead atoms. The second-order valence-electron chi connectivity index (χ2n) is 4.62. The lowest BCUT2D eigenvalue weighted by Gasteiger charge is -2.14. The van der Waals surface area contributed by atoms with Crippen molar-refractivity contribution in [2.75, 3.05) is 18.9 Å². The highest BCUT2D eigenvalue weighted by Gasteiger charge is 2.18. The largest absolute Gasteiger partial charge is 0.384 e. The number of nitrogen functional groups attached to an aromatic ring is 1. The molecule has 1 aromatic heterocycles. The van der Waals surface area contributed by atoms with E-state index in [1.807, 2.05) is 13.0 Å². The number of rotatable bonds is 4. The maximum Gasteiger partial charge on any atom is 0.122 e. The lowest BCUT2D eigenvalue weighted by molar-refractivity contribution is 0.136. The number of nitrogens with zero attached hydrogens (tertiary/aromatic N) is 2. The number of anilines is 1. The summed E-state index contributed by atoms with van der Waals surface area (Å²) in [5, 5.41) is 4.46. The Morgan fingerprint density at radius 3 is 2.60 bits per heavy atom. The van der Waals surface area contributed by atoms with Crippen molar-refractivity contribution < 1.29 is 4.74 Å². The summed E-state index contributed by atoms with van der Waals surface area (Å²) in [6.45, 7) is 10.5. The van der Waals surface area contributed by atoms with E-state index in [1.165, 1.54) is 0 Å². The summed E-state index contributed by atoms with van der Waals surface area (Å²) in [6, 6.07) is 1.94. The third kappa shape index (κ3) is 3.23. The lowest BCUT2D eigenvalue weighted by Crippen LogP contribution is -2.14. The van der Waals surface area contributed by atoms with E-state index in [9.17, 15) is 0 Å².